The highest BCUT2D eigenvalue weighted by Gasteiger charge is 2.08. The van der Waals surface area contributed by atoms with E-state index >= 15 is 0 Å². The van der Waals surface area contributed by atoms with Crippen molar-refractivity contribution in [3.05, 3.63) is 34.3 Å². The van der Waals surface area contributed by atoms with Crippen molar-refractivity contribution in [3.63, 3.8) is 0 Å². The van der Waals surface area contributed by atoms with E-state index in [1.54, 1.807) is 12.1 Å². The third kappa shape index (κ3) is 4.57. The number of nitrogens with one attached hydrogen (secondary N) is 1. The van der Waals surface area contributed by atoms with Crippen molar-refractivity contribution in [1.82, 2.24) is 5.32 Å². The number of amides is 1. The van der Waals surface area contributed by atoms with Gasteiger partial charge in [-0.1, -0.05) is 24.6 Å². The van der Waals surface area contributed by atoms with Crippen LogP contribution in [0.4, 0.5) is 0 Å². The van der Waals surface area contributed by atoms with Gasteiger partial charge in [0.2, 0.25) is 0 Å². The molecule has 0 spiro atoms. The van der Waals surface area contributed by atoms with Crippen LogP contribution in [0.5, 0.6) is 0 Å². The van der Waals surface area contributed by atoms with Gasteiger partial charge in [-0.05, 0) is 37.0 Å². The minimum Gasteiger partial charge on any atom is -0.352 e. The van der Waals surface area contributed by atoms with E-state index in [9.17, 15) is 4.79 Å². The fourth-order valence-corrected chi connectivity index (χ4v) is 1.94. The number of carbonyl (C=O) groups excluding carboxylic acids is 1. The molecule has 4 heteroatoms. The highest BCUT2D eigenvalue weighted by Crippen LogP contribution is 2.16. The van der Waals surface area contributed by atoms with E-state index in [1.165, 1.54) is 0 Å². The largest absolute Gasteiger partial charge is 0.352 e. The Morgan fingerprint density at radius 1 is 1.47 bits per heavy atom. The second-order valence-electron chi connectivity index (χ2n) is 4.26. The highest BCUT2D eigenvalue weighted by atomic mass is 35.5. The first-order valence-electron chi connectivity index (χ1n) is 5.65. The molecule has 0 radical (unpaired) electrons. The number of benzene rings is 1. The van der Waals surface area contributed by atoms with E-state index in [2.05, 4.69) is 12.2 Å². The van der Waals surface area contributed by atoms with Crippen molar-refractivity contribution in [2.24, 2.45) is 5.92 Å². The van der Waals surface area contributed by atoms with Gasteiger partial charge < -0.3 is 5.32 Å². The maximum atomic E-state index is 11.8. The minimum absolute atomic E-state index is 0.0895. The van der Waals surface area contributed by atoms with Crippen molar-refractivity contribution < 1.29 is 4.79 Å². The van der Waals surface area contributed by atoms with Crippen LogP contribution in [0.2, 0.25) is 5.02 Å². The molecule has 0 aliphatic heterocycles. The van der Waals surface area contributed by atoms with Gasteiger partial charge >= 0.3 is 0 Å². The number of carbonyl (C=O) groups is 1. The molecule has 0 fully saturated rings. The van der Waals surface area contributed by atoms with Crippen molar-refractivity contribution in [1.29, 1.82) is 0 Å². The smallest absolute Gasteiger partial charge is 0.251 e. The molecule has 0 aliphatic carbocycles. The van der Waals surface area contributed by atoms with E-state index < -0.39 is 0 Å². The van der Waals surface area contributed by atoms with E-state index in [1.807, 2.05) is 13.0 Å². The van der Waals surface area contributed by atoms with Gasteiger partial charge in [-0.2, -0.15) is 0 Å². The van der Waals surface area contributed by atoms with Crippen LogP contribution < -0.4 is 5.32 Å². The molecule has 0 heterocycles. The van der Waals surface area contributed by atoms with Gasteiger partial charge in [0.05, 0.1) is 0 Å². The molecular formula is C13H17Cl2NO. The predicted molar refractivity (Wildman–Crippen MR) is 73.0 cm³/mol. The number of halogens is 2. The highest BCUT2D eigenvalue weighted by molar-refractivity contribution is 6.31. The van der Waals surface area contributed by atoms with Crippen LogP contribution in [0.3, 0.4) is 0 Å². The van der Waals surface area contributed by atoms with Gasteiger partial charge in [0.15, 0.2) is 0 Å². The molecule has 0 aliphatic rings. The second-order valence-corrected chi connectivity index (χ2v) is 5.04. The van der Waals surface area contributed by atoms with Crippen LogP contribution in [0.15, 0.2) is 18.2 Å². The topological polar surface area (TPSA) is 29.1 Å². The van der Waals surface area contributed by atoms with Crippen LogP contribution in [0, 0.1) is 12.8 Å². The van der Waals surface area contributed by atoms with E-state index in [0.29, 0.717) is 28.9 Å². The summed E-state index contributed by atoms with van der Waals surface area (Å²) in [5, 5.41) is 3.49. The summed E-state index contributed by atoms with van der Waals surface area (Å²) >= 11 is 11.6. The van der Waals surface area contributed by atoms with Crippen LogP contribution in [0.1, 0.15) is 29.3 Å². The SMILES string of the molecule is Cc1ccc(C(=O)NCC(C)CCCl)cc1Cl. The second kappa shape index (κ2) is 6.87. The van der Waals surface area contributed by atoms with Crippen molar-refractivity contribution in [3.8, 4) is 0 Å². The van der Waals surface area contributed by atoms with E-state index in [4.69, 9.17) is 23.2 Å². The average Bonchev–Trinajstić information content (AvgIpc) is 2.30. The Bertz CT molecular complexity index is 393. The summed E-state index contributed by atoms with van der Waals surface area (Å²) < 4.78 is 0. The molecule has 1 aromatic carbocycles. The molecule has 0 saturated heterocycles. The lowest BCUT2D eigenvalue weighted by molar-refractivity contribution is 0.0948. The Labute approximate surface area is 112 Å². The zero-order valence-corrected chi connectivity index (χ0v) is 11.6. The molecule has 94 valence electrons. The van der Waals surface area contributed by atoms with Gasteiger partial charge in [-0.3, -0.25) is 4.79 Å². The number of hydrogen-bond acceptors (Lipinski definition) is 1. The lowest BCUT2D eigenvalue weighted by Gasteiger charge is -2.11. The first kappa shape index (κ1) is 14.3. The van der Waals surface area contributed by atoms with E-state index in [-0.39, 0.29) is 5.91 Å². The fourth-order valence-electron chi connectivity index (χ4n) is 1.39. The van der Waals surface area contributed by atoms with Crippen molar-refractivity contribution >= 4 is 29.1 Å². The number of rotatable bonds is 5. The third-order valence-electron chi connectivity index (χ3n) is 2.65. The molecule has 1 aromatic rings. The fraction of sp³-hybridized carbons (Fsp3) is 0.462. The predicted octanol–water partition coefficient (Wildman–Crippen LogP) is 3.64. The third-order valence-corrected chi connectivity index (χ3v) is 3.27. The summed E-state index contributed by atoms with van der Waals surface area (Å²) in [4.78, 5) is 11.8. The van der Waals surface area contributed by atoms with Gasteiger partial charge in [0.1, 0.15) is 0 Å². The van der Waals surface area contributed by atoms with Gasteiger partial charge in [-0.15, -0.1) is 11.6 Å². The molecule has 0 bridgehead atoms. The summed E-state index contributed by atoms with van der Waals surface area (Å²) in [6.07, 6.45) is 0.899. The van der Waals surface area contributed by atoms with Gasteiger partial charge in [-0.25, -0.2) is 0 Å². The van der Waals surface area contributed by atoms with Crippen molar-refractivity contribution in [2.75, 3.05) is 12.4 Å². The zero-order chi connectivity index (χ0) is 12.8. The maximum Gasteiger partial charge on any atom is 0.251 e. The Morgan fingerprint density at radius 3 is 2.76 bits per heavy atom. The molecule has 17 heavy (non-hydrogen) atoms. The summed E-state index contributed by atoms with van der Waals surface area (Å²) in [7, 11) is 0. The van der Waals surface area contributed by atoms with Crippen LogP contribution in [0.25, 0.3) is 0 Å². The molecule has 0 saturated carbocycles. The molecule has 1 unspecified atom stereocenters. The Balaban J connectivity index is 2.55. The lowest BCUT2D eigenvalue weighted by atomic mass is 10.1. The normalized spacial score (nSPS) is 12.2. The molecule has 1 N–H and O–H groups in total. The summed E-state index contributed by atoms with van der Waals surface area (Å²) in [5.41, 5.74) is 1.57. The number of aryl methyl sites for hydroxylation is 1. The van der Waals surface area contributed by atoms with Gasteiger partial charge in [0, 0.05) is 23.0 Å². The first-order valence-corrected chi connectivity index (χ1v) is 6.56. The summed E-state index contributed by atoms with van der Waals surface area (Å²) in [6.45, 7) is 4.61. The average molecular weight is 274 g/mol. The van der Waals surface area contributed by atoms with Gasteiger partial charge in [0.25, 0.3) is 5.91 Å². The quantitative estimate of drug-likeness (QED) is 0.816. The standard InChI is InChI=1S/C13H17Cl2NO/c1-9(5-6-14)8-16-13(17)11-4-3-10(2)12(15)7-11/h3-4,7,9H,5-6,8H2,1-2H3,(H,16,17). The molecule has 2 nitrogen and oxygen atoms in total. The lowest BCUT2D eigenvalue weighted by Crippen LogP contribution is -2.28. The Kier molecular flexibility index (Phi) is 5.79. The monoisotopic (exact) mass is 273 g/mol. The maximum absolute atomic E-state index is 11.8. The molecular weight excluding hydrogens is 257 g/mol. The Morgan fingerprint density at radius 2 is 2.18 bits per heavy atom. The van der Waals surface area contributed by atoms with Crippen molar-refractivity contribution in [2.45, 2.75) is 20.3 Å². The molecule has 1 amide bonds. The zero-order valence-electron chi connectivity index (χ0n) is 10.1. The number of alkyl halides is 1. The summed E-state index contributed by atoms with van der Waals surface area (Å²) in [6, 6.07) is 5.32. The van der Waals surface area contributed by atoms with Crippen LogP contribution in [-0.2, 0) is 0 Å². The molecule has 1 atom stereocenters. The van der Waals surface area contributed by atoms with Crippen LogP contribution in [-0.4, -0.2) is 18.3 Å². The molecule has 0 aromatic heterocycles. The van der Waals surface area contributed by atoms with E-state index in [0.717, 1.165) is 12.0 Å². The number of hydrogen-bond donors (Lipinski definition) is 1. The first-order chi connectivity index (χ1) is 8.04. The van der Waals surface area contributed by atoms with Crippen LogP contribution >= 0.6 is 23.2 Å². The Hall–Kier alpha value is -0.730. The minimum atomic E-state index is -0.0895. The summed E-state index contributed by atoms with van der Waals surface area (Å²) in [5.74, 6) is 0.915. The molecule has 1 rings (SSSR count).